The number of halogens is 2. The van der Waals surface area contributed by atoms with Gasteiger partial charge in [0.15, 0.2) is 0 Å². The molecule has 0 fully saturated rings. The summed E-state index contributed by atoms with van der Waals surface area (Å²) in [5.41, 5.74) is 1.67. The number of hydrogen-bond acceptors (Lipinski definition) is 1. The monoisotopic (exact) mass is 338 g/mol. The largest absolute Gasteiger partial charge is 0.353 e. The number of benzene rings is 1. The van der Waals surface area contributed by atoms with Crippen molar-refractivity contribution in [1.82, 2.24) is 9.47 Å². The normalized spacial score (nSPS) is 10.7. The Balaban J connectivity index is 2.21. The van der Waals surface area contributed by atoms with Gasteiger partial charge in [-0.05, 0) is 36.8 Å². The Bertz CT molecular complexity index is 652. The summed E-state index contributed by atoms with van der Waals surface area (Å²) in [5, 5.41) is 0.864. The van der Waals surface area contributed by atoms with E-state index in [1.807, 2.05) is 34.8 Å². The van der Waals surface area contributed by atoms with Gasteiger partial charge in [0.1, 0.15) is 0 Å². The first-order valence-corrected chi connectivity index (χ1v) is 8.13. The predicted molar refractivity (Wildman–Crippen MR) is 91.5 cm³/mol. The summed E-state index contributed by atoms with van der Waals surface area (Å²) in [6.45, 7) is 3.42. The summed E-state index contributed by atoms with van der Waals surface area (Å²) in [4.78, 5) is 14.6. The number of aryl methyl sites for hydroxylation is 1. The van der Waals surface area contributed by atoms with Gasteiger partial charge in [0.25, 0.3) is 5.91 Å². The van der Waals surface area contributed by atoms with Gasteiger partial charge in [0.05, 0.1) is 16.6 Å². The van der Waals surface area contributed by atoms with Crippen molar-refractivity contribution in [3.63, 3.8) is 0 Å². The van der Waals surface area contributed by atoms with Gasteiger partial charge in [0, 0.05) is 31.0 Å². The van der Waals surface area contributed by atoms with E-state index in [-0.39, 0.29) is 5.91 Å². The van der Waals surface area contributed by atoms with Crippen molar-refractivity contribution in [2.24, 2.45) is 7.05 Å². The maximum atomic E-state index is 12.8. The zero-order valence-corrected chi connectivity index (χ0v) is 14.4. The minimum Gasteiger partial charge on any atom is -0.353 e. The van der Waals surface area contributed by atoms with Crippen LogP contribution < -0.4 is 0 Å². The summed E-state index contributed by atoms with van der Waals surface area (Å²) in [6, 6.07) is 9.03. The van der Waals surface area contributed by atoms with Gasteiger partial charge in [-0.2, -0.15) is 0 Å². The first-order valence-electron chi connectivity index (χ1n) is 7.37. The molecule has 1 heterocycles. The van der Waals surface area contributed by atoms with Crippen molar-refractivity contribution in [2.45, 2.75) is 26.3 Å². The molecular weight excluding hydrogens is 319 g/mol. The Labute approximate surface area is 141 Å². The number of amides is 1. The molecule has 3 nitrogen and oxygen atoms in total. The Morgan fingerprint density at radius 1 is 1.23 bits per heavy atom. The zero-order valence-electron chi connectivity index (χ0n) is 12.9. The van der Waals surface area contributed by atoms with Gasteiger partial charge in [-0.1, -0.05) is 36.5 Å². The van der Waals surface area contributed by atoms with Gasteiger partial charge in [-0.3, -0.25) is 4.79 Å². The van der Waals surface area contributed by atoms with Crippen LogP contribution in [0.15, 0.2) is 36.5 Å². The molecule has 5 heteroatoms. The summed E-state index contributed by atoms with van der Waals surface area (Å²) < 4.78 is 2.03. The third-order valence-corrected chi connectivity index (χ3v) is 4.38. The minimum absolute atomic E-state index is 0.0202. The third-order valence-electron chi connectivity index (χ3n) is 3.64. The number of carbonyl (C=O) groups excluding carboxylic acids is 1. The molecule has 0 bridgehead atoms. The number of unbranched alkanes of at least 4 members (excludes halogenated alkanes) is 1. The lowest BCUT2D eigenvalue weighted by Crippen LogP contribution is -2.32. The van der Waals surface area contributed by atoms with E-state index in [1.165, 1.54) is 0 Å². The van der Waals surface area contributed by atoms with Gasteiger partial charge in [0.2, 0.25) is 0 Å². The van der Waals surface area contributed by atoms with Gasteiger partial charge in [-0.25, -0.2) is 0 Å². The van der Waals surface area contributed by atoms with Crippen LogP contribution in [-0.4, -0.2) is 21.9 Å². The van der Waals surface area contributed by atoms with E-state index >= 15 is 0 Å². The van der Waals surface area contributed by atoms with Crippen molar-refractivity contribution in [3.05, 3.63) is 57.8 Å². The molecule has 0 spiro atoms. The highest BCUT2D eigenvalue weighted by molar-refractivity contribution is 6.42. The molecule has 0 radical (unpaired) electrons. The summed E-state index contributed by atoms with van der Waals surface area (Å²) in [5.74, 6) is -0.0202. The van der Waals surface area contributed by atoms with Crippen molar-refractivity contribution >= 4 is 29.1 Å². The van der Waals surface area contributed by atoms with Crippen LogP contribution in [0.5, 0.6) is 0 Å². The van der Waals surface area contributed by atoms with Crippen LogP contribution in [-0.2, 0) is 13.6 Å². The average Bonchev–Trinajstić information content (AvgIpc) is 2.90. The minimum atomic E-state index is -0.0202. The average molecular weight is 339 g/mol. The van der Waals surface area contributed by atoms with E-state index in [2.05, 4.69) is 6.92 Å². The number of hydrogen-bond donors (Lipinski definition) is 0. The van der Waals surface area contributed by atoms with E-state index in [0.717, 1.165) is 25.1 Å². The van der Waals surface area contributed by atoms with E-state index in [0.29, 0.717) is 22.2 Å². The summed E-state index contributed by atoms with van der Waals surface area (Å²) in [7, 11) is 1.98. The fourth-order valence-electron chi connectivity index (χ4n) is 2.27. The second kappa shape index (κ2) is 7.70. The number of aromatic nitrogens is 1. The molecule has 1 aromatic carbocycles. The smallest absolute Gasteiger partial charge is 0.254 e. The quantitative estimate of drug-likeness (QED) is 0.744. The van der Waals surface area contributed by atoms with Crippen LogP contribution >= 0.6 is 23.2 Å². The molecule has 0 saturated carbocycles. The molecule has 0 unspecified atom stereocenters. The maximum Gasteiger partial charge on any atom is 0.254 e. The fourth-order valence-corrected chi connectivity index (χ4v) is 2.57. The van der Waals surface area contributed by atoms with Gasteiger partial charge < -0.3 is 9.47 Å². The van der Waals surface area contributed by atoms with E-state index < -0.39 is 0 Å². The second-order valence-corrected chi connectivity index (χ2v) is 6.13. The summed E-state index contributed by atoms with van der Waals surface area (Å²) >= 11 is 12.0. The molecule has 0 atom stereocenters. The molecule has 1 aromatic heterocycles. The molecule has 118 valence electrons. The Hall–Kier alpha value is -1.45. The standard InChI is InChI=1S/C17H20Cl2N2O/c1-3-4-10-21(12-14-6-5-9-20(14)2)17(22)13-7-8-15(18)16(19)11-13/h5-9,11H,3-4,10,12H2,1-2H3. The molecule has 2 aromatic rings. The van der Waals surface area contributed by atoms with Crippen LogP contribution in [0.2, 0.25) is 10.0 Å². The van der Waals surface area contributed by atoms with E-state index in [9.17, 15) is 4.79 Å². The zero-order chi connectivity index (χ0) is 16.1. The van der Waals surface area contributed by atoms with Crippen molar-refractivity contribution < 1.29 is 4.79 Å². The summed E-state index contributed by atoms with van der Waals surface area (Å²) in [6.07, 6.45) is 3.99. The van der Waals surface area contributed by atoms with Crippen LogP contribution in [0.3, 0.4) is 0 Å². The van der Waals surface area contributed by atoms with Crippen LogP contribution in [0.4, 0.5) is 0 Å². The SMILES string of the molecule is CCCCN(Cc1cccn1C)C(=O)c1ccc(Cl)c(Cl)c1. The highest BCUT2D eigenvalue weighted by Crippen LogP contribution is 2.23. The van der Waals surface area contributed by atoms with Crippen LogP contribution in [0.1, 0.15) is 35.8 Å². The maximum absolute atomic E-state index is 12.8. The highest BCUT2D eigenvalue weighted by atomic mass is 35.5. The van der Waals surface area contributed by atoms with Crippen molar-refractivity contribution in [1.29, 1.82) is 0 Å². The molecule has 0 N–H and O–H groups in total. The highest BCUT2D eigenvalue weighted by Gasteiger charge is 2.17. The van der Waals surface area contributed by atoms with Crippen LogP contribution in [0, 0.1) is 0 Å². The Morgan fingerprint density at radius 2 is 2.00 bits per heavy atom. The van der Waals surface area contributed by atoms with Gasteiger partial charge in [-0.15, -0.1) is 0 Å². The van der Waals surface area contributed by atoms with Crippen LogP contribution in [0.25, 0.3) is 0 Å². The first-order chi connectivity index (χ1) is 10.5. The van der Waals surface area contributed by atoms with E-state index in [4.69, 9.17) is 23.2 Å². The molecule has 2 rings (SSSR count). The van der Waals surface area contributed by atoms with E-state index in [1.54, 1.807) is 18.2 Å². The first kappa shape index (κ1) is 16.9. The second-order valence-electron chi connectivity index (χ2n) is 5.32. The Kier molecular flexibility index (Phi) is 5.92. The molecule has 22 heavy (non-hydrogen) atoms. The predicted octanol–water partition coefficient (Wildman–Crippen LogP) is 4.77. The molecule has 0 aliphatic heterocycles. The molecule has 1 amide bonds. The van der Waals surface area contributed by atoms with Gasteiger partial charge >= 0.3 is 0 Å². The molecule has 0 aliphatic rings. The topological polar surface area (TPSA) is 25.2 Å². The lowest BCUT2D eigenvalue weighted by molar-refractivity contribution is 0.0737. The number of rotatable bonds is 6. The lowest BCUT2D eigenvalue weighted by atomic mass is 10.1. The number of carbonyl (C=O) groups is 1. The Morgan fingerprint density at radius 3 is 2.59 bits per heavy atom. The molecule has 0 aliphatic carbocycles. The van der Waals surface area contributed by atoms with Crippen molar-refractivity contribution in [3.8, 4) is 0 Å². The van der Waals surface area contributed by atoms with Crippen molar-refractivity contribution in [2.75, 3.05) is 6.54 Å². The molecule has 0 saturated heterocycles. The third kappa shape index (κ3) is 4.05. The fraction of sp³-hybridized carbons (Fsp3) is 0.353. The lowest BCUT2D eigenvalue weighted by Gasteiger charge is -2.23. The molecular formula is C17H20Cl2N2O. The number of nitrogens with zero attached hydrogens (tertiary/aromatic N) is 2.